The third-order valence-corrected chi connectivity index (χ3v) is 5.09. The van der Waals surface area contributed by atoms with Crippen molar-refractivity contribution in [2.45, 2.75) is 39.7 Å². The van der Waals surface area contributed by atoms with Crippen molar-refractivity contribution in [1.82, 2.24) is 5.32 Å². The molecule has 5 heteroatoms. The zero-order chi connectivity index (χ0) is 19.6. The van der Waals surface area contributed by atoms with E-state index in [4.69, 9.17) is 9.47 Å². The summed E-state index contributed by atoms with van der Waals surface area (Å²) in [5.41, 5.74) is 3.95. The van der Waals surface area contributed by atoms with Gasteiger partial charge in [0.1, 0.15) is 11.5 Å². The van der Waals surface area contributed by atoms with Crippen molar-refractivity contribution in [1.29, 1.82) is 0 Å². The van der Waals surface area contributed by atoms with Crippen LogP contribution < -0.4 is 14.8 Å². The molecule has 0 aliphatic heterocycles. The molecule has 2 aromatic carbocycles. The summed E-state index contributed by atoms with van der Waals surface area (Å²) in [5, 5.41) is 11.9. The molecule has 0 spiro atoms. The Hall–Kier alpha value is -2.69. The summed E-state index contributed by atoms with van der Waals surface area (Å²) >= 11 is 0. The van der Waals surface area contributed by atoms with Gasteiger partial charge >= 0.3 is 6.09 Å². The lowest BCUT2D eigenvalue weighted by molar-refractivity contribution is 0.175. The molecule has 2 aromatic rings. The van der Waals surface area contributed by atoms with E-state index in [2.05, 4.69) is 32.2 Å². The molecule has 2 N–H and O–H groups in total. The van der Waals surface area contributed by atoms with Crippen LogP contribution in [0.4, 0.5) is 4.79 Å². The second-order valence-corrected chi connectivity index (χ2v) is 7.68. The van der Waals surface area contributed by atoms with Gasteiger partial charge in [0.2, 0.25) is 0 Å². The second-order valence-electron chi connectivity index (χ2n) is 7.68. The number of hydrogen-bond acceptors (Lipinski definition) is 3. The molecule has 0 saturated heterocycles. The molecule has 1 amide bonds. The Bertz CT molecular complexity index is 844. The first-order valence-electron chi connectivity index (χ1n) is 9.29. The Morgan fingerprint density at radius 2 is 2.07 bits per heavy atom. The number of nitrogens with one attached hydrogen (secondary N) is 1. The van der Waals surface area contributed by atoms with E-state index in [0.29, 0.717) is 6.61 Å². The van der Waals surface area contributed by atoms with Crippen molar-refractivity contribution in [2.24, 2.45) is 5.41 Å². The highest BCUT2D eigenvalue weighted by Crippen LogP contribution is 2.48. The minimum atomic E-state index is -1.01. The Balaban J connectivity index is 2.04. The number of amides is 1. The molecule has 27 heavy (non-hydrogen) atoms. The van der Waals surface area contributed by atoms with Gasteiger partial charge in [-0.1, -0.05) is 32.9 Å². The van der Waals surface area contributed by atoms with E-state index in [-0.39, 0.29) is 11.5 Å². The van der Waals surface area contributed by atoms with Crippen LogP contribution in [0.15, 0.2) is 36.4 Å². The predicted molar refractivity (Wildman–Crippen MR) is 106 cm³/mol. The lowest BCUT2D eigenvalue weighted by atomic mass is 9.85. The first-order valence-corrected chi connectivity index (χ1v) is 9.29. The number of carboxylic acid groups (broad SMARTS) is 1. The number of ether oxygens (including phenoxy) is 2. The largest absolute Gasteiger partial charge is 0.496 e. The molecule has 0 bridgehead atoms. The Morgan fingerprint density at radius 1 is 1.30 bits per heavy atom. The molecular weight excluding hydrogens is 342 g/mol. The Labute approximate surface area is 160 Å². The molecule has 0 radical (unpaired) electrons. The number of methoxy groups -OCH3 is 1. The van der Waals surface area contributed by atoms with Crippen molar-refractivity contribution in [3.05, 3.63) is 47.5 Å². The molecule has 5 nitrogen and oxygen atoms in total. The highest BCUT2D eigenvalue weighted by molar-refractivity contribution is 5.74. The molecule has 3 rings (SSSR count). The summed E-state index contributed by atoms with van der Waals surface area (Å²) in [6.07, 6.45) is 0.750. The van der Waals surface area contributed by atoms with Crippen molar-refractivity contribution in [3.63, 3.8) is 0 Å². The van der Waals surface area contributed by atoms with Gasteiger partial charge in [-0.05, 0) is 59.2 Å². The topological polar surface area (TPSA) is 67.8 Å². The number of benzene rings is 2. The van der Waals surface area contributed by atoms with E-state index in [1.165, 1.54) is 0 Å². The van der Waals surface area contributed by atoms with Crippen LogP contribution in [0.3, 0.4) is 0 Å². The molecule has 144 valence electrons. The van der Waals surface area contributed by atoms with Gasteiger partial charge in [0.15, 0.2) is 0 Å². The summed E-state index contributed by atoms with van der Waals surface area (Å²) < 4.78 is 11.4. The van der Waals surface area contributed by atoms with Crippen LogP contribution in [0.5, 0.6) is 11.5 Å². The number of hydrogen-bond donors (Lipinski definition) is 2. The van der Waals surface area contributed by atoms with E-state index in [1.807, 2.05) is 30.3 Å². The lowest BCUT2D eigenvalue weighted by Crippen LogP contribution is -2.34. The zero-order valence-corrected chi connectivity index (χ0v) is 16.3. The summed E-state index contributed by atoms with van der Waals surface area (Å²) in [6.45, 7) is 6.93. The predicted octanol–water partition coefficient (Wildman–Crippen LogP) is 5.04. The molecule has 1 atom stereocenters. The standard InChI is InChI=1S/C22H27NO4/c1-5-9-27-16-8-6-7-14(10-16)17-11-15-13-22(2,3)20(23-21(24)25)18(15)12-19(17)26-4/h6-8,10-12,20,23H,5,9,13H2,1-4H3,(H,24,25). The van der Waals surface area contributed by atoms with E-state index in [1.54, 1.807) is 7.11 Å². The monoisotopic (exact) mass is 369 g/mol. The fraction of sp³-hybridized carbons (Fsp3) is 0.409. The van der Waals surface area contributed by atoms with Crippen LogP contribution in [0, 0.1) is 5.41 Å². The van der Waals surface area contributed by atoms with E-state index in [9.17, 15) is 9.90 Å². The summed E-state index contributed by atoms with van der Waals surface area (Å²) in [5.74, 6) is 1.57. The van der Waals surface area contributed by atoms with Gasteiger partial charge in [0.25, 0.3) is 0 Å². The third-order valence-electron chi connectivity index (χ3n) is 5.09. The minimum absolute atomic E-state index is 0.198. The summed E-state index contributed by atoms with van der Waals surface area (Å²) in [6, 6.07) is 11.8. The van der Waals surface area contributed by atoms with Gasteiger partial charge in [-0.2, -0.15) is 0 Å². The molecule has 1 unspecified atom stereocenters. The average Bonchev–Trinajstić information content (AvgIpc) is 2.88. The maximum atomic E-state index is 11.3. The number of rotatable bonds is 6. The Morgan fingerprint density at radius 3 is 2.74 bits per heavy atom. The number of carbonyl (C=O) groups is 1. The molecule has 0 heterocycles. The minimum Gasteiger partial charge on any atom is -0.496 e. The third kappa shape index (κ3) is 3.87. The van der Waals surface area contributed by atoms with Crippen LogP contribution in [-0.2, 0) is 6.42 Å². The molecule has 0 saturated carbocycles. The SMILES string of the molecule is CCCOc1cccc(-c2cc3c(cc2OC)C(NC(=O)O)C(C)(C)C3)c1. The zero-order valence-electron chi connectivity index (χ0n) is 16.3. The van der Waals surface area contributed by atoms with Crippen molar-refractivity contribution in [2.75, 3.05) is 13.7 Å². The normalized spacial score (nSPS) is 17.3. The van der Waals surface area contributed by atoms with Crippen LogP contribution in [0.25, 0.3) is 11.1 Å². The fourth-order valence-corrected chi connectivity index (χ4v) is 3.84. The maximum Gasteiger partial charge on any atom is 0.405 e. The van der Waals surface area contributed by atoms with Crippen LogP contribution in [0.1, 0.15) is 44.4 Å². The highest BCUT2D eigenvalue weighted by Gasteiger charge is 2.40. The second kappa shape index (κ2) is 7.51. The van der Waals surface area contributed by atoms with E-state index >= 15 is 0 Å². The van der Waals surface area contributed by atoms with Gasteiger partial charge < -0.3 is 19.9 Å². The molecule has 1 aliphatic carbocycles. The fourth-order valence-electron chi connectivity index (χ4n) is 3.84. The molecule has 0 aromatic heterocycles. The highest BCUT2D eigenvalue weighted by atomic mass is 16.5. The van der Waals surface area contributed by atoms with Gasteiger partial charge in [0.05, 0.1) is 19.8 Å². The van der Waals surface area contributed by atoms with Crippen molar-refractivity contribution in [3.8, 4) is 22.6 Å². The summed E-state index contributed by atoms with van der Waals surface area (Å²) in [4.78, 5) is 11.3. The molecule has 0 fully saturated rings. The maximum absolute atomic E-state index is 11.3. The van der Waals surface area contributed by atoms with Crippen molar-refractivity contribution < 1.29 is 19.4 Å². The molecule has 1 aliphatic rings. The number of fused-ring (bicyclic) bond motifs is 1. The molecular formula is C22H27NO4. The van der Waals surface area contributed by atoms with E-state index < -0.39 is 6.09 Å². The quantitative estimate of drug-likeness (QED) is 0.748. The smallest absolute Gasteiger partial charge is 0.405 e. The van der Waals surface area contributed by atoms with E-state index in [0.717, 1.165) is 46.6 Å². The van der Waals surface area contributed by atoms with Gasteiger partial charge in [-0.25, -0.2) is 4.79 Å². The van der Waals surface area contributed by atoms with Gasteiger partial charge in [0, 0.05) is 5.56 Å². The van der Waals surface area contributed by atoms with Crippen LogP contribution in [0.2, 0.25) is 0 Å². The van der Waals surface area contributed by atoms with Crippen LogP contribution in [-0.4, -0.2) is 24.9 Å². The van der Waals surface area contributed by atoms with Crippen molar-refractivity contribution >= 4 is 6.09 Å². The first-order chi connectivity index (χ1) is 12.9. The Kier molecular flexibility index (Phi) is 5.31. The summed E-state index contributed by atoms with van der Waals surface area (Å²) in [7, 11) is 1.64. The van der Waals surface area contributed by atoms with Crippen LogP contribution >= 0.6 is 0 Å². The first kappa shape index (κ1) is 19.1. The lowest BCUT2D eigenvalue weighted by Gasteiger charge is -2.27. The van der Waals surface area contributed by atoms with Gasteiger partial charge in [-0.3, -0.25) is 0 Å². The average molecular weight is 369 g/mol. The van der Waals surface area contributed by atoms with Gasteiger partial charge in [-0.15, -0.1) is 0 Å².